The normalized spacial score (nSPS) is 14.4. The summed E-state index contributed by atoms with van der Waals surface area (Å²) in [6.45, 7) is 2.19. The highest BCUT2D eigenvalue weighted by molar-refractivity contribution is 8.18. The Labute approximate surface area is 222 Å². The average Bonchev–Trinajstić information content (AvgIpc) is 3.18. The number of nitrogens with zero attached hydrogens (tertiary/aromatic N) is 1. The van der Waals surface area contributed by atoms with Crippen LogP contribution in [-0.2, 0) is 11.3 Å². The predicted octanol–water partition coefficient (Wildman–Crippen LogP) is 6.83. The van der Waals surface area contributed by atoms with Crippen LogP contribution in [0.15, 0.2) is 89.8 Å². The van der Waals surface area contributed by atoms with E-state index in [1.165, 1.54) is 24.3 Å². The van der Waals surface area contributed by atoms with Crippen LogP contribution in [0.2, 0.25) is 0 Å². The van der Waals surface area contributed by atoms with Crippen LogP contribution in [0, 0.1) is 5.82 Å². The van der Waals surface area contributed by atoms with Crippen molar-refractivity contribution in [1.29, 1.82) is 0 Å². The first kappa shape index (κ1) is 25.2. The Hall–Kier alpha value is -4.43. The predicted molar refractivity (Wildman–Crippen MR) is 144 cm³/mol. The zero-order valence-corrected chi connectivity index (χ0v) is 21.2. The molecule has 0 N–H and O–H groups in total. The van der Waals surface area contributed by atoms with Gasteiger partial charge < -0.3 is 9.47 Å². The number of hydrogen-bond donors (Lipinski definition) is 0. The quantitative estimate of drug-likeness (QED) is 0.149. The lowest BCUT2D eigenvalue weighted by atomic mass is 10.0. The van der Waals surface area contributed by atoms with Crippen molar-refractivity contribution < 1.29 is 28.2 Å². The number of thioether (sulfide) groups is 1. The highest BCUT2D eigenvalue weighted by atomic mass is 32.2. The molecule has 0 aliphatic carbocycles. The number of halogens is 1. The van der Waals surface area contributed by atoms with Crippen molar-refractivity contribution in [1.82, 2.24) is 4.90 Å². The monoisotopic (exact) mass is 527 g/mol. The van der Waals surface area contributed by atoms with Gasteiger partial charge in [0.25, 0.3) is 11.1 Å². The van der Waals surface area contributed by atoms with Gasteiger partial charge in [0, 0.05) is 0 Å². The molecule has 1 aliphatic rings. The third kappa shape index (κ3) is 5.31. The maximum Gasteiger partial charge on any atom is 0.344 e. The molecule has 38 heavy (non-hydrogen) atoms. The molecule has 1 saturated heterocycles. The van der Waals surface area contributed by atoms with Crippen LogP contribution < -0.4 is 9.47 Å². The Morgan fingerprint density at radius 2 is 1.71 bits per heavy atom. The Balaban J connectivity index is 1.37. The van der Waals surface area contributed by atoms with Gasteiger partial charge in [0.15, 0.2) is 11.5 Å². The highest BCUT2D eigenvalue weighted by Crippen LogP contribution is 2.36. The molecular formula is C30H22FNO5S. The van der Waals surface area contributed by atoms with E-state index in [1.54, 1.807) is 36.4 Å². The smallest absolute Gasteiger partial charge is 0.344 e. The number of hydrogen-bond acceptors (Lipinski definition) is 6. The lowest BCUT2D eigenvalue weighted by Gasteiger charge is -2.13. The molecule has 0 saturated carbocycles. The standard InChI is InChI=1S/C30H22FNO5S/c1-2-36-26-16-20(17-27-28(33)32(30(35)38-27)18-19-10-13-22(31)14-11-19)12-15-25(26)37-29(34)24-9-5-7-21-6-3-4-8-23(21)24/h3-17H,2,18H2,1H3/b27-17-. The number of fused-ring (bicyclic) bond motifs is 1. The summed E-state index contributed by atoms with van der Waals surface area (Å²) in [5.74, 6) is -0.767. The molecule has 5 rings (SSSR count). The molecule has 0 unspecified atom stereocenters. The molecule has 0 bridgehead atoms. The lowest BCUT2D eigenvalue weighted by molar-refractivity contribution is -0.123. The van der Waals surface area contributed by atoms with Crippen LogP contribution in [0.5, 0.6) is 11.5 Å². The van der Waals surface area contributed by atoms with Crippen molar-refractivity contribution in [2.75, 3.05) is 6.61 Å². The van der Waals surface area contributed by atoms with Crippen LogP contribution in [0.3, 0.4) is 0 Å². The molecular weight excluding hydrogens is 505 g/mol. The minimum Gasteiger partial charge on any atom is -0.490 e. The molecule has 190 valence electrons. The Kier molecular flexibility index (Phi) is 7.24. The molecule has 1 heterocycles. The third-order valence-electron chi connectivity index (χ3n) is 5.91. The first-order chi connectivity index (χ1) is 18.4. The molecule has 1 fully saturated rings. The zero-order valence-electron chi connectivity index (χ0n) is 20.3. The number of carbonyl (C=O) groups is 3. The largest absolute Gasteiger partial charge is 0.490 e. The van der Waals surface area contributed by atoms with Gasteiger partial charge in [0.2, 0.25) is 0 Å². The number of esters is 1. The second kappa shape index (κ2) is 10.9. The van der Waals surface area contributed by atoms with Gasteiger partial charge in [-0.2, -0.15) is 0 Å². The minimum atomic E-state index is -0.516. The molecule has 4 aromatic rings. The van der Waals surface area contributed by atoms with E-state index in [-0.39, 0.29) is 23.0 Å². The number of carbonyl (C=O) groups excluding carboxylic acids is 3. The van der Waals surface area contributed by atoms with E-state index in [1.807, 2.05) is 37.3 Å². The summed E-state index contributed by atoms with van der Waals surface area (Å²) in [6, 6.07) is 23.6. The number of imide groups is 1. The minimum absolute atomic E-state index is 0.0511. The summed E-state index contributed by atoms with van der Waals surface area (Å²) in [4.78, 5) is 39.8. The van der Waals surface area contributed by atoms with Crippen LogP contribution in [0.1, 0.15) is 28.4 Å². The van der Waals surface area contributed by atoms with Crippen molar-refractivity contribution in [2.24, 2.45) is 0 Å². The summed E-state index contributed by atoms with van der Waals surface area (Å²) < 4.78 is 24.6. The second-order valence-electron chi connectivity index (χ2n) is 8.45. The fourth-order valence-electron chi connectivity index (χ4n) is 4.09. The average molecular weight is 528 g/mol. The number of ether oxygens (including phenoxy) is 2. The summed E-state index contributed by atoms with van der Waals surface area (Å²) in [6.07, 6.45) is 1.59. The van der Waals surface area contributed by atoms with Crippen LogP contribution in [-0.4, -0.2) is 28.6 Å². The van der Waals surface area contributed by atoms with Gasteiger partial charge in [-0.05, 0) is 77.0 Å². The molecule has 1 aliphatic heterocycles. The van der Waals surface area contributed by atoms with Crippen LogP contribution >= 0.6 is 11.8 Å². The molecule has 4 aromatic carbocycles. The van der Waals surface area contributed by atoms with E-state index >= 15 is 0 Å². The number of amides is 2. The summed E-state index contributed by atoms with van der Waals surface area (Å²) in [5, 5.41) is 1.30. The van der Waals surface area contributed by atoms with Gasteiger partial charge in [-0.15, -0.1) is 0 Å². The van der Waals surface area contributed by atoms with Crippen molar-refractivity contribution >= 4 is 45.7 Å². The van der Waals surface area contributed by atoms with Gasteiger partial charge in [0.05, 0.1) is 23.6 Å². The SMILES string of the molecule is CCOc1cc(/C=C2\SC(=O)N(Cc3ccc(F)cc3)C2=O)ccc1OC(=O)c1cccc2ccccc12. The van der Waals surface area contributed by atoms with Gasteiger partial charge in [-0.25, -0.2) is 9.18 Å². The molecule has 0 radical (unpaired) electrons. The molecule has 0 atom stereocenters. The number of benzene rings is 4. The van der Waals surface area contributed by atoms with Gasteiger partial charge in [-0.1, -0.05) is 54.6 Å². The fourth-order valence-corrected chi connectivity index (χ4v) is 4.92. The second-order valence-corrected chi connectivity index (χ2v) is 9.44. The number of rotatable bonds is 7. The van der Waals surface area contributed by atoms with Crippen LogP contribution in [0.25, 0.3) is 16.8 Å². The molecule has 6 nitrogen and oxygen atoms in total. The lowest BCUT2D eigenvalue weighted by Crippen LogP contribution is -2.27. The Morgan fingerprint density at radius 3 is 2.50 bits per heavy atom. The van der Waals surface area contributed by atoms with E-state index in [0.717, 1.165) is 27.4 Å². The van der Waals surface area contributed by atoms with E-state index in [2.05, 4.69) is 0 Å². The van der Waals surface area contributed by atoms with Gasteiger partial charge in [0.1, 0.15) is 5.82 Å². The summed E-state index contributed by atoms with van der Waals surface area (Å²) >= 11 is 0.830. The molecule has 0 spiro atoms. The maximum atomic E-state index is 13.2. The zero-order chi connectivity index (χ0) is 26.6. The summed E-state index contributed by atoms with van der Waals surface area (Å²) in [5.41, 5.74) is 1.68. The van der Waals surface area contributed by atoms with Crippen molar-refractivity contribution in [3.05, 3.63) is 112 Å². The van der Waals surface area contributed by atoms with Crippen LogP contribution in [0.4, 0.5) is 9.18 Å². The van der Waals surface area contributed by atoms with E-state index < -0.39 is 17.1 Å². The first-order valence-corrected chi connectivity index (χ1v) is 12.7. The molecule has 0 aromatic heterocycles. The van der Waals surface area contributed by atoms with Gasteiger partial charge >= 0.3 is 5.97 Å². The molecule has 8 heteroatoms. The van der Waals surface area contributed by atoms with Crippen molar-refractivity contribution in [3.8, 4) is 11.5 Å². The van der Waals surface area contributed by atoms with E-state index in [0.29, 0.717) is 29.0 Å². The van der Waals surface area contributed by atoms with Gasteiger partial charge in [-0.3, -0.25) is 14.5 Å². The highest BCUT2D eigenvalue weighted by Gasteiger charge is 2.35. The first-order valence-electron chi connectivity index (χ1n) is 11.9. The maximum absolute atomic E-state index is 13.2. The van der Waals surface area contributed by atoms with E-state index in [4.69, 9.17) is 9.47 Å². The van der Waals surface area contributed by atoms with Crippen molar-refractivity contribution in [2.45, 2.75) is 13.5 Å². The topological polar surface area (TPSA) is 72.9 Å². The van der Waals surface area contributed by atoms with Crippen molar-refractivity contribution in [3.63, 3.8) is 0 Å². The Morgan fingerprint density at radius 1 is 0.947 bits per heavy atom. The fraction of sp³-hybridized carbons (Fsp3) is 0.100. The summed E-state index contributed by atoms with van der Waals surface area (Å²) in [7, 11) is 0. The molecule has 2 amide bonds. The Bertz CT molecular complexity index is 1580. The third-order valence-corrected chi connectivity index (χ3v) is 6.81. The van der Waals surface area contributed by atoms with E-state index in [9.17, 15) is 18.8 Å².